The third kappa shape index (κ3) is 7.43. The zero-order valence-corrected chi connectivity index (χ0v) is 12.8. The van der Waals surface area contributed by atoms with E-state index in [9.17, 15) is 9.18 Å². The Labute approximate surface area is 130 Å². The van der Waals surface area contributed by atoms with Crippen LogP contribution in [0.5, 0.6) is 0 Å². The smallest absolute Gasteiger partial charge is 0.303 e. The molecule has 118 valence electrons. The molecule has 1 aliphatic rings. The van der Waals surface area contributed by atoms with Crippen LogP contribution in [-0.2, 0) is 4.79 Å². The van der Waals surface area contributed by atoms with Gasteiger partial charge in [0.15, 0.2) is 0 Å². The summed E-state index contributed by atoms with van der Waals surface area (Å²) < 4.78 is 13.8. The molecule has 0 amide bonds. The van der Waals surface area contributed by atoms with Crippen LogP contribution in [0.4, 0.5) is 4.39 Å². The van der Waals surface area contributed by atoms with Gasteiger partial charge in [0.25, 0.3) is 0 Å². The van der Waals surface area contributed by atoms with Crippen molar-refractivity contribution in [3.63, 3.8) is 0 Å². The number of hydrogen-bond acceptors (Lipinski definition) is 2. The Balaban J connectivity index is 2.50. The highest BCUT2D eigenvalue weighted by Crippen LogP contribution is 2.22. The molecule has 0 radical (unpaired) electrons. The minimum Gasteiger partial charge on any atom is -0.481 e. The van der Waals surface area contributed by atoms with Gasteiger partial charge in [0.1, 0.15) is 5.83 Å². The van der Waals surface area contributed by atoms with Crippen molar-refractivity contribution in [2.45, 2.75) is 26.2 Å². The molecule has 4 heteroatoms. The molecule has 0 aliphatic heterocycles. The lowest BCUT2D eigenvalue weighted by Gasteiger charge is -2.04. The number of hydrogen-bond donors (Lipinski definition) is 2. The van der Waals surface area contributed by atoms with Gasteiger partial charge in [0.2, 0.25) is 0 Å². The molecule has 0 aromatic carbocycles. The maximum absolute atomic E-state index is 13.8. The molecular weight excluding hydrogens is 281 g/mol. The van der Waals surface area contributed by atoms with Gasteiger partial charge < -0.3 is 10.4 Å². The number of rotatable bonds is 8. The minimum absolute atomic E-state index is 0.0645. The SMILES string of the molecule is C\C=C/C=C\C=C\CNC1=CC=C(CCC(=O)O)C(F)=CC1. The van der Waals surface area contributed by atoms with Crippen molar-refractivity contribution in [2.75, 3.05) is 6.54 Å². The summed E-state index contributed by atoms with van der Waals surface area (Å²) in [5.41, 5.74) is 1.34. The van der Waals surface area contributed by atoms with Gasteiger partial charge in [-0.25, -0.2) is 4.39 Å². The van der Waals surface area contributed by atoms with E-state index in [1.807, 2.05) is 49.5 Å². The van der Waals surface area contributed by atoms with Gasteiger partial charge in [-0.2, -0.15) is 0 Å². The van der Waals surface area contributed by atoms with E-state index < -0.39 is 5.97 Å². The molecule has 0 bridgehead atoms. The number of halogens is 1. The highest BCUT2D eigenvalue weighted by atomic mass is 19.1. The van der Waals surface area contributed by atoms with Crippen LogP contribution in [0.2, 0.25) is 0 Å². The highest BCUT2D eigenvalue weighted by molar-refractivity contribution is 5.67. The van der Waals surface area contributed by atoms with E-state index >= 15 is 0 Å². The summed E-state index contributed by atoms with van der Waals surface area (Å²) in [6, 6.07) is 0. The standard InChI is InChI=1S/C18H22FNO2/c1-2-3-4-5-6-7-14-20-16-10-8-15(9-13-18(21)22)17(19)12-11-16/h2-8,10,12,20H,9,11,13-14H2,1H3,(H,21,22)/b3-2-,5-4-,7-6+. The van der Waals surface area contributed by atoms with Gasteiger partial charge in [0.05, 0.1) is 0 Å². The summed E-state index contributed by atoms with van der Waals surface area (Å²) >= 11 is 0. The van der Waals surface area contributed by atoms with Gasteiger partial charge >= 0.3 is 5.97 Å². The first kappa shape index (κ1) is 17.7. The summed E-state index contributed by atoms with van der Waals surface area (Å²) in [7, 11) is 0. The Hall–Kier alpha value is -2.36. The van der Waals surface area contributed by atoms with Crippen LogP contribution in [0.25, 0.3) is 0 Å². The van der Waals surface area contributed by atoms with Gasteiger partial charge in [-0.1, -0.05) is 42.5 Å². The molecule has 0 unspecified atom stereocenters. The Morgan fingerprint density at radius 2 is 2.09 bits per heavy atom. The van der Waals surface area contributed by atoms with Gasteiger partial charge in [-0.3, -0.25) is 4.79 Å². The fourth-order valence-corrected chi connectivity index (χ4v) is 1.83. The number of aliphatic carboxylic acids is 1. The second kappa shape index (κ2) is 10.4. The van der Waals surface area contributed by atoms with Crippen molar-refractivity contribution in [3.8, 4) is 0 Å². The maximum Gasteiger partial charge on any atom is 0.303 e. The molecule has 0 heterocycles. The fraction of sp³-hybridized carbons (Fsp3) is 0.278. The molecule has 1 rings (SSSR count). The molecule has 0 saturated heterocycles. The van der Waals surface area contributed by atoms with Crippen molar-refractivity contribution in [2.24, 2.45) is 0 Å². The summed E-state index contributed by atoms with van der Waals surface area (Å²) in [5.74, 6) is -1.25. The average Bonchev–Trinajstić information content (AvgIpc) is 2.66. The third-order valence-corrected chi connectivity index (χ3v) is 3.01. The lowest BCUT2D eigenvalue weighted by atomic mass is 10.1. The van der Waals surface area contributed by atoms with Crippen LogP contribution < -0.4 is 5.32 Å². The predicted molar refractivity (Wildman–Crippen MR) is 87.9 cm³/mol. The lowest BCUT2D eigenvalue weighted by Crippen LogP contribution is -2.12. The topological polar surface area (TPSA) is 49.3 Å². The molecule has 0 saturated carbocycles. The molecule has 0 aromatic rings. The molecule has 0 atom stereocenters. The van der Waals surface area contributed by atoms with E-state index in [4.69, 9.17) is 5.11 Å². The van der Waals surface area contributed by atoms with E-state index in [2.05, 4.69) is 5.32 Å². The first-order valence-electron chi connectivity index (χ1n) is 7.29. The largest absolute Gasteiger partial charge is 0.481 e. The first-order valence-corrected chi connectivity index (χ1v) is 7.29. The number of nitrogens with one attached hydrogen (secondary N) is 1. The molecule has 0 aromatic heterocycles. The second-order valence-corrected chi connectivity index (χ2v) is 4.75. The Morgan fingerprint density at radius 1 is 1.32 bits per heavy atom. The number of allylic oxidation sites excluding steroid dienone is 10. The normalized spacial score (nSPS) is 15.8. The van der Waals surface area contributed by atoms with E-state index in [0.717, 1.165) is 5.70 Å². The maximum atomic E-state index is 13.8. The van der Waals surface area contributed by atoms with Crippen LogP contribution in [0.1, 0.15) is 26.2 Å². The van der Waals surface area contributed by atoms with Crippen LogP contribution in [0.3, 0.4) is 0 Å². The molecule has 0 spiro atoms. The van der Waals surface area contributed by atoms with Crippen molar-refractivity contribution in [3.05, 3.63) is 71.8 Å². The summed E-state index contributed by atoms with van der Waals surface area (Å²) in [5, 5.41) is 11.9. The Morgan fingerprint density at radius 3 is 2.82 bits per heavy atom. The molecule has 1 aliphatic carbocycles. The van der Waals surface area contributed by atoms with Crippen molar-refractivity contribution < 1.29 is 14.3 Å². The van der Waals surface area contributed by atoms with Crippen molar-refractivity contribution >= 4 is 5.97 Å². The monoisotopic (exact) mass is 303 g/mol. The van der Waals surface area contributed by atoms with Crippen LogP contribution >= 0.6 is 0 Å². The molecule has 0 fully saturated rings. The predicted octanol–water partition coefficient (Wildman–Crippen LogP) is 4.20. The molecule has 2 N–H and O–H groups in total. The highest BCUT2D eigenvalue weighted by Gasteiger charge is 2.09. The van der Waals surface area contributed by atoms with Gasteiger partial charge in [-0.15, -0.1) is 0 Å². The van der Waals surface area contributed by atoms with Crippen molar-refractivity contribution in [1.82, 2.24) is 5.32 Å². The van der Waals surface area contributed by atoms with E-state index in [-0.39, 0.29) is 18.7 Å². The number of carboxylic acid groups (broad SMARTS) is 1. The van der Waals surface area contributed by atoms with E-state index in [1.165, 1.54) is 6.08 Å². The molecule has 22 heavy (non-hydrogen) atoms. The average molecular weight is 303 g/mol. The van der Waals surface area contributed by atoms with Crippen LogP contribution in [0.15, 0.2) is 71.8 Å². The zero-order valence-electron chi connectivity index (χ0n) is 12.8. The number of carboxylic acids is 1. The summed E-state index contributed by atoms with van der Waals surface area (Å²) in [4.78, 5) is 10.6. The third-order valence-electron chi connectivity index (χ3n) is 3.01. The molecular formula is C18H22FNO2. The van der Waals surface area contributed by atoms with Gasteiger partial charge in [0, 0.05) is 25.1 Å². The van der Waals surface area contributed by atoms with E-state index in [0.29, 0.717) is 18.5 Å². The Bertz CT molecular complexity index is 551. The van der Waals surface area contributed by atoms with Crippen molar-refractivity contribution in [1.29, 1.82) is 0 Å². The quantitative estimate of drug-likeness (QED) is 0.661. The lowest BCUT2D eigenvalue weighted by molar-refractivity contribution is -0.136. The van der Waals surface area contributed by atoms with Crippen LogP contribution in [0, 0.1) is 0 Å². The fourth-order valence-electron chi connectivity index (χ4n) is 1.83. The summed E-state index contributed by atoms with van der Waals surface area (Å²) in [6.07, 6.45) is 17.2. The van der Waals surface area contributed by atoms with E-state index in [1.54, 1.807) is 6.08 Å². The molecule has 3 nitrogen and oxygen atoms in total. The summed E-state index contributed by atoms with van der Waals surface area (Å²) in [6.45, 7) is 2.61. The zero-order chi connectivity index (χ0) is 16.2. The minimum atomic E-state index is -0.920. The first-order chi connectivity index (χ1) is 10.6. The number of carbonyl (C=O) groups is 1. The van der Waals surface area contributed by atoms with Gasteiger partial charge in [-0.05, 0) is 31.1 Å². The Kier molecular flexibility index (Phi) is 8.35. The van der Waals surface area contributed by atoms with Crippen LogP contribution in [-0.4, -0.2) is 17.6 Å². The second-order valence-electron chi connectivity index (χ2n) is 4.75.